The number of hydrogen-bond acceptors (Lipinski definition) is 8. The van der Waals surface area contributed by atoms with Gasteiger partial charge in [-0.15, -0.1) is 0 Å². The summed E-state index contributed by atoms with van der Waals surface area (Å²) in [6.45, 7) is 3.73. The van der Waals surface area contributed by atoms with Gasteiger partial charge in [-0.3, -0.25) is 4.79 Å². The van der Waals surface area contributed by atoms with E-state index in [4.69, 9.17) is 15.2 Å². The largest absolute Gasteiger partial charge is 0.463 e. The van der Waals surface area contributed by atoms with Crippen molar-refractivity contribution in [2.24, 2.45) is 0 Å². The second-order valence-electron chi connectivity index (χ2n) is 4.52. The molecule has 1 saturated heterocycles. The van der Waals surface area contributed by atoms with E-state index >= 15 is 0 Å². The van der Waals surface area contributed by atoms with E-state index in [1.54, 1.807) is 11.9 Å². The van der Waals surface area contributed by atoms with Crippen LogP contribution in [0.25, 0.3) is 0 Å². The van der Waals surface area contributed by atoms with Crippen molar-refractivity contribution >= 4 is 17.8 Å². The first-order valence-corrected chi connectivity index (χ1v) is 6.86. The van der Waals surface area contributed by atoms with Gasteiger partial charge in [0.1, 0.15) is 6.04 Å². The molecule has 116 valence electrons. The molecule has 1 atom stereocenters. The van der Waals surface area contributed by atoms with Crippen LogP contribution in [0.1, 0.15) is 13.3 Å². The SMILES string of the molecule is CCCOc1nc(N)nc(N2CCOCC2C(=O)NC)n1. The van der Waals surface area contributed by atoms with Gasteiger partial charge in [-0.1, -0.05) is 6.92 Å². The molecule has 0 aliphatic carbocycles. The highest BCUT2D eigenvalue weighted by molar-refractivity contribution is 5.84. The Balaban J connectivity index is 2.25. The van der Waals surface area contributed by atoms with Gasteiger partial charge in [0, 0.05) is 13.6 Å². The number of anilines is 2. The molecule has 2 heterocycles. The zero-order chi connectivity index (χ0) is 15.2. The molecule has 1 aliphatic heterocycles. The molecule has 0 radical (unpaired) electrons. The van der Waals surface area contributed by atoms with Gasteiger partial charge < -0.3 is 25.4 Å². The summed E-state index contributed by atoms with van der Waals surface area (Å²) in [5, 5.41) is 2.60. The fourth-order valence-electron chi connectivity index (χ4n) is 1.97. The Morgan fingerprint density at radius 2 is 2.33 bits per heavy atom. The maximum absolute atomic E-state index is 11.9. The Bertz CT molecular complexity index is 498. The van der Waals surface area contributed by atoms with Crippen LogP contribution in [0.4, 0.5) is 11.9 Å². The number of likely N-dealkylation sites (N-methyl/N-ethyl adjacent to an activating group) is 1. The molecular weight excluding hydrogens is 276 g/mol. The molecule has 9 heteroatoms. The van der Waals surface area contributed by atoms with E-state index in [1.807, 2.05) is 6.92 Å². The van der Waals surface area contributed by atoms with Crippen LogP contribution in [0, 0.1) is 0 Å². The third-order valence-corrected chi connectivity index (χ3v) is 2.99. The van der Waals surface area contributed by atoms with Crippen molar-refractivity contribution in [2.45, 2.75) is 19.4 Å². The fraction of sp³-hybridized carbons (Fsp3) is 0.667. The molecule has 1 unspecified atom stereocenters. The molecule has 2 rings (SSSR count). The maximum atomic E-state index is 11.9. The minimum atomic E-state index is -0.496. The number of nitrogen functional groups attached to an aromatic ring is 1. The zero-order valence-corrected chi connectivity index (χ0v) is 12.2. The van der Waals surface area contributed by atoms with Crippen molar-refractivity contribution in [1.29, 1.82) is 0 Å². The molecule has 0 saturated carbocycles. The number of amides is 1. The molecule has 0 spiro atoms. The third kappa shape index (κ3) is 3.69. The van der Waals surface area contributed by atoms with Crippen LogP contribution in [0.15, 0.2) is 0 Å². The molecule has 21 heavy (non-hydrogen) atoms. The highest BCUT2D eigenvalue weighted by Gasteiger charge is 2.31. The van der Waals surface area contributed by atoms with Crippen LogP contribution >= 0.6 is 0 Å². The lowest BCUT2D eigenvalue weighted by Crippen LogP contribution is -2.54. The summed E-state index contributed by atoms with van der Waals surface area (Å²) >= 11 is 0. The lowest BCUT2D eigenvalue weighted by Gasteiger charge is -2.34. The van der Waals surface area contributed by atoms with Crippen molar-refractivity contribution in [3.05, 3.63) is 0 Å². The Labute approximate surface area is 122 Å². The molecule has 9 nitrogen and oxygen atoms in total. The highest BCUT2D eigenvalue weighted by Crippen LogP contribution is 2.18. The van der Waals surface area contributed by atoms with Crippen molar-refractivity contribution in [3.63, 3.8) is 0 Å². The van der Waals surface area contributed by atoms with Crippen molar-refractivity contribution in [3.8, 4) is 6.01 Å². The van der Waals surface area contributed by atoms with E-state index in [9.17, 15) is 4.79 Å². The first-order chi connectivity index (χ1) is 10.2. The standard InChI is InChI=1S/C12H20N6O3/c1-3-5-21-12-16-10(13)15-11(17-12)18-4-6-20-7-8(18)9(19)14-2/h8H,3-7H2,1-2H3,(H,14,19)(H2,13,15,16,17). The Hall–Kier alpha value is -2.16. The summed E-state index contributed by atoms with van der Waals surface area (Å²) in [5.41, 5.74) is 5.69. The summed E-state index contributed by atoms with van der Waals surface area (Å²) in [5.74, 6) is 0.225. The van der Waals surface area contributed by atoms with Gasteiger partial charge in [-0.05, 0) is 6.42 Å². The second-order valence-corrected chi connectivity index (χ2v) is 4.52. The Morgan fingerprint density at radius 3 is 3.05 bits per heavy atom. The normalized spacial score (nSPS) is 18.4. The summed E-state index contributed by atoms with van der Waals surface area (Å²) in [6, 6.07) is -0.328. The quantitative estimate of drug-likeness (QED) is 0.725. The van der Waals surface area contributed by atoms with Gasteiger partial charge in [-0.2, -0.15) is 15.0 Å². The van der Waals surface area contributed by atoms with E-state index in [0.29, 0.717) is 25.7 Å². The van der Waals surface area contributed by atoms with Crippen LogP contribution in [-0.4, -0.2) is 60.3 Å². The predicted molar refractivity (Wildman–Crippen MR) is 76.0 cm³/mol. The van der Waals surface area contributed by atoms with Gasteiger partial charge in [-0.25, -0.2) is 0 Å². The lowest BCUT2D eigenvalue weighted by atomic mass is 10.2. The predicted octanol–water partition coefficient (Wildman–Crippen LogP) is -0.806. The number of ether oxygens (including phenoxy) is 2. The summed E-state index contributed by atoms with van der Waals surface area (Å²) in [4.78, 5) is 25.9. The number of nitrogens with one attached hydrogen (secondary N) is 1. The number of nitrogens with two attached hydrogens (primary N) is 1. The summed E-state index contributed by atoms with van der Waals surface area (Å²) < 4.78 is 10.7. The van der Waals surface area contributed by atoms with Crippen LogP contribution in [-0.2, 0) is 9.53 Å². The molecule has 0 aromatic carbocycles. The van der Waals surface area contributed by atoms with Crippen molar-refractivity contribution in [1.82, 2.24) is 20.3 Å². The topological polar surface area (TPSA) is 115 Å². The van der Waals surface area contributed by atoms with Crippen molar-refractivity contribution < 1.29 is 14.3 Å². The lowest BCUT2D eigenvalue weighted by molar-refractivity contribution is -0.124. The van der Waals surface area contributed by atoms with E-state index in [2.05, 4.69) is 20.3 Å². The smallest absolute Gasteiger partial charge is 0.323 e. The van der Waals surface area contributed by atoms with Crippen molar-refractivity contribution in [2.75, 3.05) is 44.0 Å². The summed E-state index contributed by atoms with van der Waals surface area (Å²) in [7, 11) is 1.58. The third-order valence-electron chi connectivity index (χ3n) is 2.99. The number of aromatic nitrogens is 3. The van der Waals surface area contributed by atoms with E-state index < -0.39 is 6.04 Å². The first kappa shape index (κ1) is 15.2. The number of hydrogen-bond donors (Lipinski definition) is 2. The number of morpholine rings is 1. The van der Waals surface area contributed by atoms with E-state index in [-0.39, 0.29) is 24.5 Å². The number of rotatable bonds is 5. The molecule has 1 aromatic heterocycles. The first-order valence-electron chi connectivity index (χ1n) is 6.86. The number of nitrogens with zero attached hydrogens (tertiary/aromatic N) is 4. The van der Waals surface area contributed by atoms with Gasteiger partial charge in [0.15, 0.2) is 0 Å². The fourth-order valence-corrected chi connectivity index (χ4v) is 1.97. The monoisotopic (exact) mass is 296 g/mol. The van der Waals surface area contributed by atoms with E-state index in [1.165, 1.54) is 0 Å². The molecule has 1 fully saturated rings. The van der Waals surface area contributed by atoms with Crippen LogP contribution in [0.3, 0.4) is 0 Å². The van der Waals surface area contributed by atoms with Gasteiger partial charge >= 0.3 is 6.01 Å². The average Bonchev–Trinajstić information content (AvgIpc) is 2.51. The molecule has 3 N–H and O–H groups in total. The number of carbonyl (C=O) groups is 1. The molecule has 1 aromatic rings. The van der Waals surface area contributed by atoms with Gasteiger partial charge in [0.2, 0.25) is 17.8 Å². The van der Waals surface area contributed by atoms with Crippen LogP contribution < -0.4 is 20.7 Å². The average molecular weight is 296 g/mol. The van der Waals surface area contributed by atoms with Gasteiger partial charge in [0.05, 0.1) is 19.8 Å². The molecular formula is C12H20N6O3. The minimum Gasteiger partial charge on any atom is -0.463 e. The number of carbonyl (C=O) groups excluding carboxylic acids is 1. The molecule has 0 bridgehead atoms. The van der Waals surface area contributed by atoms with Crippen LogP contribution in [0.2, 0.25) is 0 Å². The highest BCUT2D eigenvalue weighted by atomic mass is 16.5. The van der Waals surface area contributed by atoms with E-state index in [0.717, 1.165) is 6.42 Å². The van der Waals surface area contributed by atoms with Crippen LogP contribution in [0.5, 0.6) is 6.01 Å². The maximum Gasteiger partial charge on any atom is 0.323 e. The minimum absolute atomic E-state index is 0.0632. The second kappa shape index (κ2) is 7.02. The molecule has 1 aliphatic rings. The molecule has 1 amide bonds. The Morgan fingerprint density at radius 1 is 1.52 bits per heavy atom. The Kier molecular flexibility index (Phi) is 5.09. The van der Waals surface area contributed by atoms with Gasteiger partial charge in [0.25, 0.3) is 0 Å². The zero-order valence-electron chi connectivity index (χ0n) is 12.2. The summed E-state index contributed by atoms with van der Waals surface area (Å²) in [6.07, 6.45) is 0.833.